The van der Waals surface area contributed by atoms with Crippen molar-refractivity contribution in [1.82, 2.24) is 5.32 Å². The molecule has 2 N–H and O–H groups in total. The van der Waals surface area contributed by atoms with E-state index in [1.165, 1.54) is 0 Å². The van der Waals surface area contributed by atoms with E-state index in [4.69, 9.17) is 5.11 Å². The number of amides is 1. The Bertz CT molecular complexity index is 424. The van der Waals surface area contributed by atoms with E-state index >= 15 is 0 Å². The second-order valence-electron chi connectivity index (χ2n) is 5.92. The summed E-state index contributed by atoms with van der Waals surface area (Å²) in [6, 6.07) is 9.96. The Morgan fingerprint density at radius 3 is 2.53 bits per heavy atom. The van der Waals surface area contributed by atoms with Gasteiger partial charge in [0, 0.05) is 12.6 Å². The molecule has 1 fully saturated rings. The number of hydrogen-bond donors (Lipinski definition) is 2. The second kappa shape index (κ2) is 5.74. The van der Waals surface area contributed by atoms with Gasteiger partial charge in [0.05, 0.1) is 5.41 Å². The van der Waals surface area contributed by atoms with Crippen LogP contribution in [0.5, 0.6) is 0 Å². The van der Waals surface area contributed by atoms with Crippen LogP contribution in [0, 0.1) is 5.92 Å². The van der Waals surface area contributed by atoms with Gasteiger partial charge in [-0.1, -0.05) is 30.3 Å². The monoisotopic (exact) mass is 261 g/mol. The third kappa shape index (κ3) is 3.35. The van der Waals surface area contributed by atoms with E-state index in [0.29, 0.717) is 12.3 Å². The molecule has 104 valence electrons. The lowest BCUT2D eigenvalue weighted by molar-refractivity contribution is -0.126. The molecule has 0 aromatic heterocycles. The number of nitrogens with one attached hydrogen (secondary N) is 1. The molecule has 1 saturated carbocycles. The number of carbonyl (C=O) groups is 1. The molecule has 1 amide bonds. The summed E-state index contributed by atoms with van der Waals surface area (Å²) in [5.41, 5.74) is 0.482. The normalized spacial score (nSPS) is 17.0. The highest BCUT2D eigenvalue weighted by Crippen LogP contribution is 2.34. The van der Waals surface area contributed by atoms with Crippen LogP contribution in [-0.2, 0) is 10.2 Å². The van der Waals surface area contributed by atoms with Crippen LogP contribution in [-0.4, -0.2) is 23.7 Å². The van der Waals surface area contributed by atoms with Crippen molar-refractivity contribution in [2.24, 2.45) is 5.92 Å². The standard InChI is InChI=1S/C16H23NO2/c1-16(2,13-6-4-3-5-7-13)15(19)17-14(10-11-18)12-8-9-12/h3-7,12,14,18H,8-11H2,1-2H3,(H,17,19). The largest absolute Gasteiger partial charge is 0.396 e. The first-order valence-electron chi connectivity index (χ1n) is 7.03. The second-order valence-corrected chi connectivity index (χ2v) is 5.92. The van der Waals surface area contributed by atoms with Gasteiger partial charge in [0.15, 0.2) is 0 Å². The molecule has 0 radical (unpaired) electrons. The van der Waals surface area contributed by atoms with Gasteiger partial charge in [0.2, 0.25) is 5.91 Å². The average molecular weight is 261 g/mol. The van der Waals surface area contributed by atoms with Crippen molar-refractivity contribution in [2.75, 3.05) is 6.61 Å². The van der Waals surface area contributed by atoms with Crippen molar-refractivity contribution < 1.29 is 9.90 Å². The molecule has 1 aromatic rings. The first-order valence-corrected chi connectivity index (χ1v) is 7.03. The van der Waals surface area contributed by atoms with Crippen molar-refractivity contribution in [3.05, 3.63) is 35.9 Å². The van der Waals surface area contributed by atoms with E-state index in [9.17, 15) is 4.79 Å². The summed E-state index contributed by atoms with van der Waals surface area (Å²) >= 11 is 0. The van der Waals surface area contributed by atoms with Crippen LogP contribution in [0.4, 0.5) is 0 Å². The molecule has 1 aliphatic carbocycles. The molecule has 0 aliphatic heterocycles. The first-order chi connectivity index (χ1) is 9.05. The van der Waals surface area contributed by atoms with Gasteiger partial charge in [-0.05, 0) is 44.6 Å². The van der Waals surface area contributed by atoms with Crippen LogP contribution < -0.4 is 5.32 Å². The van der Waals surface area contributed by atoms with E-state index < -0.39 is 5.41 Å². The molecular weight excluding hydrogens is 238 g/mol. The van der Waals surface area contributed by atoms with Gasteiger partial charge in [-0.15, -0.1) is 0 Å². The minimum Gasteiger partial charge on any atom is -0.396 e. The molecule has 0 saturated heterocycles. The summed E-state index contributed by atoms with van der Waals surface area (Å²) in [6.45, 7) is 4.02. The summed E-state index contributed by atoms with van der Waals surface area (Å²) in [5, 5.41) is 12.2. The Morgan fingerprint density at radius 2 is 2.00 bits per heavy atom. The minimum absolute atomic E-state index is 0.0454. The van der Waals surface area contributed by atoms with Gasteiger partial charge >= 0.3 is 0 Å². The molecule has 1 atom stereocenters. The fourth-order valence-electron chi connectivity index (χ4n) is 2.40. The van der Waals surface area contributed by atoms with Crippen molar-refractivity contribution in [2.45, 2.75) is 44.6 Å². The van der Waals surface area contributed by atoms with Gasteiger partial charge in [-0.3, -0.25) is 4.79 Å². The highest BCUT2D eigenvalue weighted by atomic mass is 16.3. The van der Waals surface area contributed by atoms with Gasteiger partial charge in [-0.2, -0.15) is 0 Å². The van der Waals surface area contributed by atoms with Gasteiger partial charge in [0.1, 0.15) is 0 Å². The Balaban J connectivity index is 2.05. The lowest BCUT2D eigenvalue weighted by Gasteiger charge is -2.27. The maximum Gasteiger partial charge on any atom is 0.230 e. The van der Waals surface area contributed by atoms with Gasteiger partial charge in [0.25, 0.3) is 0 Å². The average Bonchev–Trinajstić information content (AvgIpc) is 3.23. The molecule has 1 unspecified atom stereocenters. The van der Waals surface area contributed by atoms with Crippen LogP contribution in [0.25, 0.3) is 0 Å². The molecule has 3 nitrogen and oxygen atoms in total. The number of carbonyl (C=O) groups excluding carboxylic acids is 1. The molecule has 1 aliphatic rings. The zero-order valence-electron chi connectivity index (χ0n) is 11.7. The SMILES string of the molecule is CC(C)(C(=O)NC(CCO)C1CC1)c1ccccc1. The molecule has 2 rings (SSSR count). The van der Waals surface area contributed by atoms with Crippen LogP contribution in [0.1, 0.15) is 38.7 Å². The van der Waals surface area contributed by atoms with Gasteiger partial charge in [-0.25, -0.2) is 0 Å². The molecular formula is C16H23NO2. The maximum atomic E-state index is 12.5. The summed E-state index contributed by atoms with van der Waals surface area (Å²) in [4.78, 5) is 12.5. The zero-order chi connectivity index (χ0) is 13.9. The number of aliphatic hydroxyl groups excluding tert-OH is 1. The fourth-order valence-corrected chi connectivity index (χ4v) is 2.40. The summed E-state index contributed by atoms with van der Waals surface area (Å²) in [5.74, 6) is 0.603. The van der Waals surface area contributed by atoms with Crippen LogP contribution in [0.15, 0.2) is 30.3 Å². The number of benzene rings is 1. The zero-order valence-corrected chi connectivity index (χ0v) is 11.7. The van der Waals surface area contributed by atoms with Crippen LogP contribution >= 0.6 is 0 Å². The quantitative estimate of drug-likeness (QED) is 0.825. The lowest BCUT2D eigenvalue weighted by atomic mass is 9.83. The van der Waals surface area contributed by atoms with E-state index in [-0.39, 0.29) is 18.6 Å². The number of hydrogen-bond acceptors (Lipinski definition) is 2. The summed E-state index contributed by atoms with van der Waals surface area (Å²) in [6.07, 6.45) is 2.98. The number of rotatable bonds is 6. The summed E-state index contributed by atoms with van der Waals surface area (Å²) in [7, 11) is 0. The minimum atomic E-state index is -0.538. The van der Waals surface area contributed by atoms with Crippen molar-refractivity contribution in [3.63, 3.8) is 0 Å². The van der Waals surface area contributed by atoms with Crippen LogP contribution in [0.2, 0.25) is 0 Å². The molecule has 0 heterocycles. The highest BCUT2D eigenvalue weighted by Gasteiger charge is 2.36. The molecule has 3 heteroatoms. The Labute approximate surface area is 115 Å². The maximum absolute atomic E-state index is 12.5. The van der Waals surface area contributed by atoms with Crippen molar-refractivity contribution >= 4 is 5.91 Å². The third-order valence-electron chi connectivity index (χ3n) is 4.01. The lowest BCUT2D eigenvalue weighted by Crippen LogP contribution is -2.46. The van der Waals surface area contributed by atoms with Crippen LogP contribution in [0.3, 0.4) is 0 Å². The number of aliphatic hydroxyl groups is 1. The predicted octanol–water partition coefficient (Wildman–Crippen LogP) is 2.24. The molecule has 1 aromatic carbocycles. The van der Waals surface area contributed by atoms with E-state index in [2.05, 4.69) is 5.32 Å². The van der Waals surface area contributed by atoms with Crippen molar-refractivity contribution in [1.29, 1.82) is 0 Å². The highest BCUT2D eigenvalue weighted by molar-refractivity contribution is 5.87. The Morgan fingerprint density at radius 1 is 1.37 bits per heavy atom. The Kier molecular flexibility index (Phi) is 4.25. The van der Waals surface area contributed by atoms with E-state index in [1.54, 1.807) is 0 Å². The molecule has 0 bridgehead atoms. The van der Waals surface area contributed by atoms with E-state index in [0.717, 1.165) is 18.4 Å². The smallest absolute Gasteiger partial charge is 0.230 e. The fraction of sp³-hybridized carbons (Fsp3) is 0.562. The van der Waals surface area contributed by atoms with Gasteiger partial charge < -0.3 is 10.4 Å². The molecule has 0 spiro atoms. The third-order valence-corrected chi connectivity index (χ3v) is 4.01. The van der Waals surface area contributed by atoms with Crippen molar-refractivity contribution in [3.8, 4) is 0 Å². The topological polar surface area (TPSA) is 49.3 Å². The predicted molar refractivity (Wildman–Crippen MR) is 75.8 cm³/mol. The molecule has 19 heavy (non-hydrogen) atoms. The Hall–Kier alpha value is -1.35. The van der Waals surface area contributed by atoms with E-state index in [1.807, 2.05) is 44.2 Å². The summed E-state index contributed by atoms with van der Waals surface area (Å²) < 4.78 is 0. The first kappa shape index (κ1) is 14.1.